The molecule has 0 aliphatic carbocycles. The van der Waals surface area contributed by atoms with E-state index in [4.69, 9.17) is 4.74 Å². The van der Waals surface area contributed by atoms with E-state index in [1.165, 1.54) is 0 Å². The number of hydrogen-bond acceptors (Lipinski definition) is 2. The molecule has 0 aliphatic heterocycles. The average Bonchev–Trinajstić information content (AvgIpc) is 2.03. The maximum absolute atomic E-state index is 9.28. The van der Waals surface area contributed by atoms with Crippen molar-refractivity contribution in [2.45, 2.75) is 6.42 Å². The molecule has 0 heterocycles. The Labute approximate surface area is 66.4 Å². The number of methoxy groups -OCH3 is 1. The largest absolute Gasteiger partial charge is 0.508 e. The Morgan fingerprint density at radius 2 is 2.09 bits per heavy atom. The van der Waals surface area contributed by atoms with Gasteiger partial charge in [0.1, 0.15) is 5.75 Å². The summed E-state index contributed by atoms with van der Waals surface area (Å²) in [6.07, 6.45) is 0.767. The summed E-state index contributed by atoms with van der Waals surface area (Å²) in [6, 6.07) is 7.30. The molecule has 0 spiro atoms. The number of phenols is 1. The van der Waals surface area contributed by atoms with Gasteiger partial charge in [0, 0.05) is 7.11 Å². The summed E-state index contributed by atoms with van der Waals surface area (Å²) in [5.41, 5.74) is 0.939. The minimum absolute atomic E-state index is 0.351. The van der Waals surface area contributed by atoms with Crippen LogP contribution in [-0.4, -0.2) is 18.8 Å². The van der Waals surface area contributed by atoms with Crippen molar-refractivity contribution < 1.29 is 9.84 Å². The molecule has 0 unspecified atom stereocenters. The lowest BCUT2D eigenvalue weighted by Crippen LogP contribution is -1.93. The van der Waals surface area contributed by atoms with Crippen molar-refractivity contribution in [2.24, 2.45) is 0 Å². The molecule has 0 aliphatic rings. The van der Waals surface area contributed by atoms with Gasteiger partial charge in [0.25, 0.3) is 0 Å². The van der Waals surface area contributed by atoms with Crippen molar-refractivity contribution in [3.8, 4) is 5.75 Å². The van der Waals surface area contributed by atoms with Crippen molar-refractivity contribution in [3.05, 3.63) is 29.8 Å². The quantitative estimate of drug-likeness (QED) is 0.712. The molecule has 2 nitrogen and oxygen atoms in total. The van der Waals surface area contributed by atoms with Crippen LogP contribution < -0.4 is 0 Å². The number of hydrogen-bond donors (Lipinski definition) is 1. The summed E-state index contributed by atoms with van der Waals surface area (Å²) < 4.78 is 4.89. The van der Waals surface area contributed by atoms with Crippen molar-refractivity contribution >= 4 is 0 Å². The molecule has 0 aromatic heterocycles. The summed E-state index contributed by atoms with van der Waals surface area (Å²) in [4.78, 5) is 0. The van der Waals surface area contributed by atoms with Crippen LogP contribution in [0.25, 0.3) is 0 Å². The highest BCUT2D eigenvalue weighted by Crippen LogP contribution is 2.15. The van der Waals surface area contributed by atoms with E-state index in [1.807, 2.05) is 18.2 Å². The molecule has 60 valence electrons. The Hall–Kier alpha value is -1.02. The molecule has 0 amide bonds. The van der Waals surface area contributed by atoms with Crippen LogP contribution in [0.1, 0.15) is 5.56 Å². The van der Waals surface area contributed by atoms with Crippen LogP contribution in [0.5, 0.6) is 5.75 Å². The van der Waals surface area contributed by atoms with E-state index in [9.17, 15) is 5.11 Å². The summed E-state index contributed by atoms with van der Waals surface area (Å²) in [5.74, 6) is 0.351. The third kappa shape index (κ3) is 2.24. The Morgan fingerprint density at radius 3 is 2.73 bits per heavy atom. The zero-order valence-electron chi connectivity index (χ0n) is 6.58. The summed E-state index contributed by atoms with van der Waals surface area (Å²) in [7, 11) is 1.65. The van der Waals surface area contributed by atoms with Crippen LogP contribution >= 0.6 is 0 Å². The lowest BCUT2D eigenvalue weighted by molar-refractivity contribution is 0.201. The molecule has 1 aromatic carbocycles. The highest BCUT2D eigenvalue weighted by molar-refractivity contribution is 5.31. The van der Waals surface area contributed by atoms with Gasteiger partial charge in [-0.05, 0) is 18.1 Å². The van der Waals surface area contributed by atoms with E-state index >= 15 is 0 Å². The van der Waals surface area contributed by atoms with Crippen LogP contribution in [-0.2, 0) is 11.2 Å². The van der Waals surface area contributed by atoms with Gasteiger partial charge in [-0.1, -0.05) is 18.2 Å². The molecule has 11 heavy (non-hydrogen) atoms. The SMILES string of the molecule is COCCc1ccccc1O. The van der Waals surface area contributed by atoms with Gasteiger partial charge in [-0.3, -0.25) is 0 Å². The number of para-hydroxylation sites is 1. The van der Waals surface area contributed by atoms with Crippen LogP contribution in [0.15, 0.2) is 24.3 Å². The van der Waals surface area contributed by atoms with Gasteiger partial charge in [0.05, 0.1) is 6.61 Å². The minimum Gasteiger partial charge on any atom is -0.508 e. The van der Waals surface area contributed by atoms with Crippen LogP contribution in [0.2, 0.25) is 0 Å². The lowest BCUT2D eigenvalue weighted by atomic mass is 10.1. The molecule has 0 radical (unpaired) electrons. The number of ether oxygens (including phenoxy) is 1. The smallest absolute Gasteiger partial charge is 0.118 e. The Bertz CT molecular complexity index is 221. The van der Waals surface area contributed by atoms with E-state index in [-0.39, 0.29) is 0 Å². The third-order valence-electron chi connectivity index (χ3n) is 1.57. The first-order valence-electron chi connectivity index (χ1n) is 3.60. The van der Waals surface area contributed by atoms with Crippen molar-refractivity contribution in [1.29, 1.82) is 0 Å². The van der Waals surface area contributed by atoms with Gasteiger partial charge in [0.2, 0.25) is 0 Å². The molecule has 0 atom stereocenters. The minimum atomic E-state index is 0.351. The fourth-order valence-corrected chi connectivity index (χ4v) is 0.934. The molecule has 1 aromatic rings. The van der Waals surface area contributed by atoms with Gasteiger partial charge < -0.3 is 9.84 Å². The molecular weight excluding hydrogens is 140 g/mol. The Kier molecular flexibility index (Phi) is 2.93. The highest BCUT2D eigenvalue weighted by Gasteiger charge is 1.96. The second kappa shape index (κ2) is 3.98. The van der Waals surface area contributed by atoms with Gasteiger partial charge in [-0.2, -0.15) is 0 Å². The second-order valence-electron chi connectivity index (χ2n) is 2.37. The predicted octanol–water partition coefficient (Wildman–Crippen LogP) is 1.58. The van der Waals surface area contributed by atoms with E-state index in [2.05, 4.69) is 0 Å². The first kappa shape index (κ1) is 8.08. The molecule has 0 bridgehead atoms. The summed E-state index contributed by atoms with van der Waals surface area (Å²) >= 11 is 0. The standard InChI is InChI=1S/C9H12O2/c1-11-7-6-8-4-2-3-5-9(8)10/h2-5,10H,6-7H2,1H3. The van der Waals surface area contributed by atoms with Gasteiger partial charge in [0.15, 0.2) is 0 Å². The molecule has 1 rings (SSSR count). The maximum Gasteiger partial charge on any atom is 0.118 e. The predicted molar refractivity (Wildman–Crippen MR) is 43.7 cm³/mol. The second-order valence-corrected chi connectivity index (χ2v) is 2.37. The van der Waals surface area contributed by atoms with Crippen molar-refractivity contribution in [3.63, 3.8) is 0 Å². The van der Waals surface area contributed by atoms with Crippen LogP contribution in [0.3, 0.4) is 0 Å². The third-order valence-corrected chi connectivity index (χ3v) is 1.57. The molecule has 1 N–H and O–H groups in total. The summed E-state index contributed by atoms with van der Waals surface area (Å²) in [5, 5.41) is 9.28. The van der Waals surface area contributed by atoms with Crippen LogP contribution in [0.4, 0.5) is 0 Å². The van der Waals surface area contributed by atoms with Gasteiger partial charge in [-0.15, -0.1) is 0 Å². The zero-order chi connectivity index (χ0) is 8.10. The fraction of sp³-hybridized carbons (Fsp3) is 0.333. The zero-order valence-corrected chi connectivity index (χ0v) is 6.58. The van der Waals surface area contributed by atoms with E-state index in [0.29, 0.717) is 12.4 Å². The van der Waals surface area contributed by atoms with Gasteiger partial charge >= 0.3 is 0 Å². The van der Waals surface area contributed by atoms with Crippen LogP contribution in [0, 0.1) is 0 Å². The maximum atomic E-state index is 9.28. The van der Waals surface area contributed by atoms with Gasteiger partial charge in [-0.25, -0.2) is 0 Å². The molecule has 0 saturated heterocycles. The monoisotopic (exact) mass is 152 g/mol. The molecule has 2 heteroatoms. The highest BCUT2D eigenvalue weighted by atomic mass is 16.5. The number of benzene rings is 1. The van der Waals surface area contributed by atoms with E-state index in [1.54, 1.807) is 13.2 Å². The first-order chi connectivity index (χ1) is 5.34. The normalized spacial score (nSPS) is 9.91. The Morgan fingerprint density at radius 1 is 1.36 bits per heavy atom. The first-order valence-corrected chi connectivity index (χ1v) is 3.60. The fourth-order valence-electron chi connectivity index (χ4n) is 0.934. The molecular formula is C9H12O2. The van der Waals surface area contributed by atoms with Crippen molar-refractivity contribution in [1.82, 2.24) is 0 Å². The lowest BCUT2D eigenvalue weighted by Gasteiger charge is -2.01. The average molecular weight is 152 g/mol. The Balaban J connectivity index is 2.62. The molecule has 0 saturated carbocycles. The number of phenolic OH excluding ortho intramolecular Hbond substituents is 1. The summed E-state index contributed by atoms with van der Waals surface area (Å²) in [6.45, 7) is 0.650. The number of aromatic hydroxyl groups is 1. The number of rotatable bonds is 3. The van der Waals surface area contributed by atoms with E-state index in [0.717, 1.165) is 12.0 Å². The van der Waals surface area contributed by atoms with E-state index < -0.39 is 0 Å². The topological polar surface area (TPSA) is 29.5 Å². The molecule has 0 fully saturated rings. The van der Waals surface area contributed by atoms with Crippen molar-refractivity contribution in [2.75, 3.05) is 13.7 Å².